The summed E-state index contributed by atoms with van der Waals surface area (Å²) in [6, 6.07) is 10.9. The number of nitrogen functional groups attached to an aromatic ring is 1. The van der Waals surface area contributed by atoms with E-state index < -0.39 is 0 Å². The van der Waals surface area contributed by atoms with E-state index in [4.69, 9.17) is 5.73 Å². The van der Waals surface area contributed by atoms with E-state index in [2.05, 4.69) is 21.9 Å². The van der Waals surface area contributed by atoms with Gasteiger partial charge >= 0.3 is 0 Å². The minimum absolute atomic E-state index is 0.206. The summed E-state index contributed by atoms with van der Waals surface area (Å²) in [4.78, 5) is 23.2. The Labute approximate surface area is 127 Å². The number of benzene rings is 1. The molecule has 5 heteroatoms. The van der Waals surface area contributed by atoms with Gasteiger partial charge in [-0.25, -0.2) is 4.98 Å². The fourth-order valence-electron chi connectivity index (χ4n) is 2.32. The topological polar surface area (TPSA) is 84.7 Å². The van der Waals surface area contributed by atoms with Crippen LogP contribution in [0.4, 0.5) is 5.69 Å². The Morgan fingerprint density at radius 3 is 2.73 bits per heavy atom. The van der Waals surface area contributed by atoms with Crippen LogP contribution in [0.5, 0.6) is 0 Å². The van der Waals surface area contributed by atoms with Gasteiger partial charge in [-0.1, -0.05) is 19.1 Å². The summed E-state index contributed by atoms with van der Waals surface area (Å²) in [6.07, 6.45) is 4.21. The van der Waals surface area contributed by atoms with Gasteiger partial charge in [-0.05, 0) is 30.2 Å². The van der Waals surface area contributed by atoms with Gasteiger partial charge in [0.05, 0.1) is 5.69 Å². The number of hydrogen-bond donors (Lipinski definition) is 2. The van der Waals surface area contributed by atoms with Gasteiger partial charge in [0.1, 0.15) is 5.82 Å². The fraction of sp³-hybridized carbons (Fsp3) is 0.118. The number of aryl methyl sites for hydroxylation is 1. The Kier molecular flexibility index (Phi) is 3.70. The molecule has 0 aliphatic rings. The molecule has 0 aliphatic carbocycles. The quantitative estimate of drug-likeness (QED) is 0.727. The molecule has 0 saturated heterocycles. The molecule has 0 unspecified atom stereocenters. The average Bonchev–Trinajstić information content (AvgIpc) is 2.55. The smallest absolute Gasteiger partial charge is 0.251 e. The molecular weight excluding hydrogens is 276 g/mol. The summed E-state index contributed by atoms with van der Waals surface area (Å²) in [7, 11) is 0. The predicted molar refractivity (Wildman–Crippen MR) is 87.3 cm³/mol. The lowest BCUT2D eigenvalue weighted by Gasteiger charge is -2.08. The largest absolute Gasteiger partial charge is 0.398 e. The van der Waals surface area contributed by atoms with Crippen molar-refractivity contribution in [2.45, 2.75) is 13.3 Å². The van der Waals surface area contributed by atoms with E-state index in [9.17, 15) is 4.79 Å². The van der Waals surface area contributed by atoms with Crippen LogP contribution < -0.4 is 11.3 Å². The van der Waals surface area contributed by atoms with Gasteiger partial charge in [-0.2, -0.15) is 0 Å². The van der Waals surface area contributed by atoms with Gasteiger partial charge in [-0.3, -0.25) is 9.78 Å². The predicted octanol–water partition coefficient (Wildman–Crippen LogP) is 2.64. The normalized spacial score (nSPS) is 10.6. The summed E-state index contributed by atoms with van der Waals surface area (Å²) in [5.41, 5.74) is 9.81. The second-order valence-corrected chi connectivity index (χ2v) is 4.99. The number of rotatable bonds is 3. The molecule has 0 atom stereocenters. The maximum atomic E-state index is 11.9. The van der Waals surface area contributed by atoms with Crippen molar-refractivity contribution in [3.05, 3.63) is 64.7 Å². The molecule has 110 valence electrons. The van der Waals surface area contributed by atoms with Crippen LogP contribution in [0.15, 0.2) is 53.6 Å². The van der Waals surface area contributed by atoms with Crippen molar-refractivity contribution in [1.29, 1.82) is 0 Å². The monoisotopic (exact) mass is 292 g/mol. The fourth-order valence-corrected chi connectivity index (χ4v) is 2.32. The Bertz CT molecular complexity index is 856. The second-order valence-electron chi connectivity index (χ2n) is 4.99. The van der Waals surface area contributed by atoms with Crippen LogP contribution in [0.1, 0.15) is 12.5 Å². The lowest BCUT2D eigenvalue weighted by atomic mass is 10.0. The number of hydrogen-bond acceptors (Lipinski definition) is 4. The molecule has 3 N–H and O–H groups in total. The first-order valence-electron chi connectivity index (χ1n) is 7.08. The standard InChI is InChI=1S/C17H16N4O/c1-2-11-5-6-12(8-14(11)18)15-9-16(22)21-17(20-15)13-4-3-7-19-10-13/h3-10H,2,18H2,1H3,(H,20,21,22). The SMILES string of the molecule is CCc1ccc(-c2cc(=O)[nH]c(-c3cccnc3)n2)cc1N. The number of nitrogens with zero attached hydrogens (tertiary/aromatic N) is 2. The zero-order valence-electron chi connectivity index (χ0n) is 12.2. The highest BCUT2D eigenvalue weighted by Gasteiger charge is 2.08. The first-order valence-corrected chi connectivity index (χ1v) is 7.08. The van der Waals surface area contributed by atoms with Gasteiger partial charge in [0.15, 0.2) is 0 Å². The maximum absolute atomic E-state index is 11.9. The van der Waals surface area contributed by atoms with Crippen LogP contribution in [0, 0.1) is 0 Å². The van der Waals surface area contributed by atoms with Crippen LogP contribution in [0.3, 0.4) is 0 Å². The van der Waals surface area contributed by atoms with Gasteiger partial charge in [-0.15, -0.1) is 0 Å². The summed E-state index contributed by atoms with van der Waals surface area (Å²) in [6.45, 7) is 2.05. The molecule has 0 amide bonds. The third-order valence-electron chi connectivity index (χ3n) is 3.50. The number of aromatic amines is 1. The molecule has 3 aromatic rings. The van der Waals surface area contributed by atoms with Crippen molar-refractivity contribution in [1.82, 2.24) is 15.0 Å². The van der Waals surface area contributed by atoms with Crippen molar-refractivity contribution in [3.8, 4) is 22.6 Å². The van der Waals surface area contributed by atoms with Crippen LogP contribution in [-0.4, -0.2) is 15.0 Å². The molecule has 5 nitrogen and oxygen atoms in total. The molecular formula is C17H16N4O. The van der Waals surface area contributed by atoms with Crippen LogP contribution in [0.25, 0.3) is 22.6 Å². The number of nitrogens with two attached hydrogens (primary N) is 1. The van der Waals surface area contributed by atoms with Gasteiger partial charge in [0.2, 0.25) is 0 Å². The van der Waals surface area contributed by atoms with Crippen molar-refractivity contribution >= 4 is 5.69 Å². The summed E-state index contributed by atoms with van der Waals surface area (Å²) < 4.78 is 0. The van der Waals surface area contributed by atoms with Crippen LogP contribution in [0.2, 0.25) is 0 Å². The number of nitrogens with one attached hydrogen (secondary N) is 1. The molecule has 0 aliphatic heterocycles. The minimum Gasteiger partial charge on any atom is -0.398 e. The van der Waals surface area contributed by atoms with E-state index in [0.29, 0.717) is 17.2 Å². The average molecular weight is 292 g/mol. The number of anilines is 1. The molecule has 1 aromatic carbocycles. The van der Waals surface area contributed by atoms with Crippen molar-refractivity contribution in [3.63, 3.8) is 0 Å². The molecule has 2 heterocycles. The summed E-state index contributed by atoms with van der Waals surface area (Å²) in [5.74, 6) is 0.494. The van der Waals surface area contributed by atoms with Gasteiger partial charge in [0.25, 0.3) is 5.56 Å². The summed E-state index contributed by atoms with van der Waals surface area (Å²) >= 11 is 0. The van der Waals surface area contributed by atoms with Crippen molar-refractivity contribution in [2.75, 3.05) is 5.73 Å². The molecule has 3 rings (SSSR count). The number of H-pyrrole nitrogens is 1. The van der Waals surface area contributed by atoms with Gasteiger partial charge in [0, 0.05) is 35.3 Å². The maximum Gasteiger partial charge on any atom is 0.251 e. The van der Waals surface area contributed by atoms with E-state index in [1.165, 1.54) is 6.07 Å². The number of aromatic nitrogens is 3. The highest BCUT2D eigenvalue weighted by atomic mass is 16.1. The Balaban J connectivity index is 2.10. The van der Waals surface area contributed by atoms with Crippen molar-refractivity contribution in [2.24, 2.45) is 0 Å². The van der Waals surface area contributed by atoms with E-state index in [1.807, 2.05) is 24.3 Å². The van der Waals surface area contributed by atoms with E-state index in [0.717, 1.165) is 23.1 Å². The molecule has 22 heavy (non-hydrogen) atoms. The highest BCUT2D eigenvalue weighted by Crippen LogP contribution is 2.23. The second kappa shape index (κ2) is 5.81. The molecule has 0 fully saturated rings. The third kappa shape index (κ3) is 2.74. The molecule has 0 bridgehead atoms. The summed E-state index contributed by atoms with van der Waals surface area (Å²) in [5, 5.41) is 0. The highest BCUT2D eigenvalue weighted by molar-refractivity contribution is 5.68. The Morgan fingerprint density at radius 2 is 2.05 bits per heavy atom. The van der Waals surface area contributed by atoms with Crippen LogP contribution >= 0.6 is 0 Å². The molecule has 0 radical (unpaired) electrons. The number of pyridine rings is 1. The Hall–Kier alpha value is -2.95. The Morgan fingerprint density at radius 1 is 1.18 bits per heavy atom. The molecule has 2 aromatic heterocycles. The zero-order chi connectivity index (χ0) is 15.5. The van der Waals surface area contributed by atoms with E-state index in [1.54, 1.807) is 18.5 Å². The van der Waals surface area contributed by atoms with E-state index >= 15 is 0 Å². The third-order valence-corrected chi connectivity index (χ3v) is 3.50. The lowest BCUT2D eigenvalue weighted by molar-refractivity contribution is 1.12. The van der Waals surface area contributed by atoms with E-state index in [-0.39, 0.29) is 5.56 Å². The molecule has 0 saturated carbocycles. The van der Waals surface area contributed by atoms with Crippen molar-refractivity contribution < 1.29 is 0 Å². The molecule has 0 spiro atoms. The first-order chi connectivity index (χ1) is 10.7. The zero-order valence-corrected chi connectivity index (χ0v) is 12.2. The lowest BCUT2D eigenvalue weighted by Crippen LogP contribution is -2.08. The van der Waals surface area contributed by atoms with Crippen LogP contribution in [-0.2, 0) is 6.42 Å². The minimum atomic E-state index is -0.206. The van der Waals surface area contributed by atoms with Gasteiger partial charge < -0.3 is 10.7 Å². The first kappa shape index (κ1) is 14.0.